The minimum absolute atomic E-state index is 1.07. The molecule has 1 aliphatic rings. The number of benzene rings is 1. The second-order valence-corrected chi connectivity index (χ2v) is 4.20. The predicted molar refractivity (Wildman–Crippen MR) is 60.0 cm³/mol. The molecule has 0 saturated carbocycles. The van der Waals surface area contributed by atoms with E-state index in [-0.39, 0.29) is 0 Å². The Morgan fingerprint density at radius 2 is 1.93 bits per heavy atom. The molecule has 0 unspecified atom stereocenters. The van der Waals surface area contributed by atoms with Gasteiger partial charge in [-0.25, -0.2) is 0 Å². The molecule has 0 fully saturated rings. The van der Waals surface area contributed by atoms with Crippen LogP contribution in [0.2, 0.25) is 0 Å². The molecule has 1 aliphatic heterocycles. The molecule has 1 heterocycles. The van der Waals surface area contributed by atoms with Crippen LogP contribution in [0.5, 0.6) is 0 Å². The van der Waals surface area contributed by atoms with Crippen molar-refractivity contribution in [1.82, 2.24) is 4.90 Å². The van der Waals surface area contributed by atoms with Gasteiger partial charge in [0, 0.05) is 13.1 Å². The summed E-state index contributed by atoms with van der Waals surface area (Å²) in [7, 11) is 0. The fraction of sp³-hybridized carbons (Fsp3) is 0.385. The Bertz CT molecular complexity index is 348. The summed E-state index contributed by atoms with van der Waals surface area (Å²) in [6.07, 6.45) is 3.44. The van der Waals surface area contributed by atoms with E-state index in [9.17, 15) is 0 Å². The monoisotopic (exact) mass is 187 g/mol. The summed E-state index contributed by atoms with van der Waals surface area (Å²) in [6, 6.07) is 8.75. The van der Waals surface area contributed by atoms with Crippen molar-refractivity contribution in [2.24, 2.45) is 0 Å². The van der Waals surface area contributed by atoms with Crippen molar-refractivity contribution in [2.75, 3.05) is 6.54 Å². The van der Waals surface area contributed by atoms with Gasteiger partial charge in [-0.05, 0) is 37.6 Å². The highest BCUT2D eigenvalue weighted by Crippen LogP contribution is 2.18. The molecule has 1 aromatic carbocycles. The van der Waals surface area contributed by atoms with E-state index in [1.165, 1.54) is 23.1 Å². The molecule has 1 heteroatoms. The molecule has 2 rings (SSSR count). The summed E-state index contributed by atoms with van der Waals surface area (Å²) in [5.74, 6) is 0. The summed E-state index contributed by atoms with van der Waals surface area (Å²) >= 11 is 0. The van der Waals surface area contributed by atoms with Crippen molar-refractivity contribution in [2.45, 2.75) is 26.8 Å². The number of nitrogens with zero attached hydrogens (tertiary/aromatic N) is 1. The Kier molecular flexibility index (Phi) is 2.58. The highest BCUT2D eigenvalue weighted by Gasteiger charge is 2.12. The third-order valence-corrected chi connectivity index (χ3v) is 2.60. The van der Waals surface area contributed by atoms with E-state index in [1.807, 2.05) is 0 Å². The minimum atomic E-state index is 1.07. The van der Waals surface area contributed by atoms with E-state index < -0.39 is 0 Å². The van der Waals surface area contributed by atoms with Crippen LogP contribution in [-0.4, -0.2) is 11.4 Å². The molecule has 14 heavy (non-hydrogen) atoms. The summed E-state index contributed by atoms with van der Waals surface area (Å²) in [6.45, 7) is 6.53. The van der Waals surface area contributed by atoms with Gasteiger partial charge in [0.05, 0.1) is 0 Å². The number of rotatable bonds is 1. The van der Waals surface area contributed by atoms with Crippen LogP contribution in [-0.2, 0) is 13.0 Å². The number of hydrogen-bond acceptors (Lipinski definition) is 1. The van der Waals surface area contributed by atoms with Crippen molar-refractivity contribution in [3.8, 4) is 0 Å². The van der Waals surface area contributed by atoms with Gasteiger partial charge in [0.2, 0.25) is 0 Å². The van der Waals surface area contributed by atoms with E-state index in [1.54, 1.807) is 0 Å². The number of fused-ring (bicyclic) bond motifs is 1. The van der Waals surface area contributed by atoms with Crippen molar-refractivity contribution in [3.63, 3.8) is 0 Å². The summed E-state index contributed by atoms with van der Waals surface area (Å²) in [5.41, 5.74) is 4.38. The van der Waals surface area contributed by atoms with Gasteiger partial charge >= 0.3 is 0 Å². The van der Waals surface area contributed by atoms with Gasteiger partial charge in [0.25, 0.3) is 0 Å². The van der Waals surface area contributed by atoms with Crippen LogP contribution in [0.3, 0.4) is 0 Å². The van der Waals surface area contributed by atoms with Crippen LogP contribution in [0.1, 0.15) is 25.0 Å². The zero-order valence-corrected chi connectivity index (χ0v) is 8.96. The molecule has 0 N–H and O–H groups in total. The predicted octanol–water partition coefficient (Wildman–Crippen LogP) is 2.97. The largest absolute Gasteiger partial charge is 0.373 e. The SMILES string of the molecule is CC(C)=CN1CCc2ccccc2C1. The van der Waals surface area contributed by atoms with Crippen LogP contribution in [0, 0.1) is 0 Å². The highest BCUT2D eigenvalue weighted by molar-refractivity contribution is 5.29. The molecule has 74 valence electrons. The Morgan fingerprint density at radius 1 is 1.21 bits per heavy atom. The lowest BCUT2D eigenvalue weighted by Gasteiger charge is -2.27. The first-order chi connectivity index (χ1) is 6.75. The molecule has 0 atom stereocenters. The van der Waals surface area contributed by atoms with E-state index in [4.69, 9.17) is 0 Å². The van der Waals surface area contributed by atoms with Gasteiger partial charge in [-0.3, -0.25) is 0 Å². The fourth-order valence-electron chi connectivity index (χ4n) is 1.99. The van der Waals surface area contributed by atoms with Crippen LogP contribution in [0.4, 0.5) is 0 Å². The maximum absolute atomic E-state index is 2.40. The number of hydrogen-bond donors (Lipinski definition) is 0. The molecular formula is C13H17N. The molecule has 0 radical (unpaired) electrons. The van der Waals surface area contributed by atoms with E-state index >= 15 is 0 Å². The zero-order chi connectivity index (χ0) is 9.97. The second-order valence-electron chi connectivity index (χ2n) is 4.20. The fourth-order valence-corrected chi connectivity index (χ4v) is 1.99. The lowest BCUT2D eigenvalue weighted by atomic mass is 10.0. The lowest BCUT2D eigenvalue weighted by Crippen LogP contribution is -2.25. The standard InChI is InChI=1S/C13H17N/c1-11(2)9-14-8-7-12-5-3-4-6-13(12)10-14/h3-6,9H,7-8,10H2,1-2H3. The molecule has 0 aromatic heterocycles. The third-order valence-electron chi connectivity index (χ3n) is 2.60. The molecule has 0 saturated heterocycles. The van der Waals surface area contributed by atoms with Gasteiger partial charge < -0.3 is 4.90 Å². The summed E-state index contributed by atoms with van der Waals surface area (Å²) in [5, 5.41) is 0. The summed E-state index contributed by atoms with van der Waals surface area (Å²) in [4.78, 5) is 2.40. The molecular weight excluding hydrogens is 170 g/mol. The van der Waals surface area contributed by atoms with E-state index in [0.29, 0.717) is 0 Å². The van der Waals surface area contributed by atoms with Crippen molar-refractivity contribution < 1.29 is 0 Å². The molecule has 1 nitrogen and oxygen atoms in total. The highest BCUT2D eigenvalue weighted by atomic mass is 15.1. The van der Waals surface area contributed by atoms with E-state index in [2.05, 4.69) is 49.2 Å². The average molecular weight is 187 g/mol. The van der Waals surface area contributed by atoms with Crippen LogP contribution >= 0.6 is 0 Å². The Labute approximate surface area is 86.1 Å². The Morgan fingerprint density at radius 3 is 2.64 bits per heavy atom. The van der Waals surface area contributed by atoms with Crippen LogP contribution in [0.25, 0.3) is 0 Å². The van der Waals surface area contributed by atoms with Gasteiger partial charge in [-0.2, -0.15) is 0 Å². The maximum Gasteiger partial charge on any atom is 0.0426 e. The topological polar surface area (TPSA) is 3.24 Å². The minimum Gasteiger partial charge on any atom is -0.373 e. The van der Waals surface area contributed by atoms with Gasteiger partial charge in [-0.1, -0.05) is 29.8 Å². The zero-order valence-electron chi connectivity index (χ0n) is 8.96. The lowest BCUT2D eigenvalue weighted by molar-refractivity contribution is 0.350. The van der Waals surface area contributed by atoms with Crippen molar-refractivity contribution in [3.05, 3.63) is 47.2 Å². The number of allylic oxidation sites excluding steroid dienone is 1. The van der Waals surface area contributed by atoms with Gasteiger partial charge in [0.1, 0.15) is 0 Å². The third kappa shape index (κ3) is 1.98. The van der Waals surface area contributed by atoms with Crippen molar-refractivity contribution in [1.29, 1.82) is 0 Å². The summed E-state index contributed by atoms with van der Waals surface area (Å²) < 4.78 is 0. The first-order valence-corrected chi connectivity index (χ1v) is 5.21. The second kappa shape index (κ2) is 3.87. The Hall–Kier alpha value is -1.24. The molecule has 0 aliphatic carbocycles. The first kappa shape index (κ1) is 9.32. The van der Waals surface area contributed by atoms with E-state index in [0.717, 1.165) is 13.1 Å². The molecule has 1 aromatic rings. The Balaban J connectivity index is 2.17. The van der Waals surface area contributed by atoms with Crippen LogP contribution in [0.15, 0.2) is 36.0 Å². The quantitative estimate of drug-likeness (QED) is 0.653. The first-order valence-electron chi connectivity index (χ1n) is 5.21. The molecule has 0 bridgehead atoms. The average Bonchev–Trinajstić information content (AvgIpc) is 2.17. The van der Waals surface area contributed by atoms with Crippen LogP contribution < -0.4 is 0 Å². The van der Waals surface area contributed by atoms with Crippen molar-refractivity contribution >= 4 is 0 Å². The van der Waals surface area contributed by atoms with Gasteiger partial charge in [0.15, 0.2) is 0 Å². The maximum atomic E-state index is 2.40. The smallest absolute Gasteiger partial charge is 0.0426 e. The van der Waals surface area contributed by atoms with Gasteiger partial charge in [-0.15, -0.1) is 0 Å². The molecule has 0 spiro atoms. The normalized spacial score (nSPS) is 14.9. The molecule has 0 amide bonds.